The molecule has 0 fully saturated rings. The van der Waals surface area contributed by atoms with Gasteiger partial charge in [0.2, 0.25) is 0 Å². The largest absolute Gasteiger partial charge is 0.443 e. The number of ether oxygens (including phenoxy) is 1. The first-order chi connectivity index (χ1) is 6.88. The number of allylic oxidation sites excluding steroid dienone is 1. The predicted molar refractivity (Wildman–Crippen MR) is 59.3 cm³/mol. The number of carbonyl (C=O) groups excluding carboxylic acids is 1. The molecule has 1 atom stereocenters. The van der Waals surface area contributed by atoms with Gasteiger partial charge in [-0.2, -0.15) is 0 Å². The van der Waals surface area contributed by atoms with Crippen LogP contribution in [0.3, 0.4) is 0 Å². The van der Waals surface area contributed by atoms with E-state index in [1.165, 1.54) is 0 Å². The zero-order chi connectivity index (χ0) is 11.5. The van der Waals surface area contributed by atoms with E-state index in [0.717, 1.165) is 12.8 Å². The Balaban J connectivity index is 2.58. The number of carbonyl (C=O) groups is 1. The van der Waals surface area contributed by atoms with E-state index in [2.05, 4.69) is 0 Å². The molecule has 0 spiro atoms. The zero-order valence-electron chi connectivity index (χ0n) is 9.69. The maximum atomic E-state index is 11.7. The van der Waals surface area contributed by atoms with Crippen LogP contribution < -0.4 is 5.73 Å². The summed E-state index contributed by atoms with van der Waals surface area (Å²) in [4.78, 5) is 13.3. The van der Waals surface area contributed by atoms with E-state index >= 15 is 0 Å². The molecule has 0 aliphatic carbocycles. The molecule has 0 unspecified atom stereocenters. The lowest BCUT2D eigenvalue weighted by molar-refractivity contribution is 0.0329. The van der Waals surface area contributed by atoms with Crippen LogP contribution in [0.4, 0.5) is 4.79 Å². The summed E-state index contributed by atoms with van der Waals surface area (Å²) in [6.45, 7) is 6.09. The SMILES string of the molecule is CC(C)(C)OC(=O)N1C=CCC[C@@H](N)C1. The van der Waals surface area contributed by atoms with E-state index in [1.807, 2.05) is 26.8 Å². The minimum atomic E-state index is -0.457. The lowest BCUT2D eigenvalue weighted by atomic mass is 10.2. The van der Waals surface area contributed by atoms with Crippen molar-refractivity contribution < 1.29 is 9.53 Å². The molecule has 0 aromatic rings. The van der Waals surface area contributed by atoms with Crippen molar-refractivity contribution in [2.75, 3.05) is 6.54 Å². The van der Waals surface area contributed by atoms with Gasteiger partial charge < -0.3 is 10.5 Å². The van der Waals surface area contributed by atoms with Crippen molar-refractivity contribution >= 4 is 6.09 Å². The lowest BCUT2D eigenvalue weighted by Crippen LogP contribution is -2.39. The van der Waals surface area contributed by atoms with Crippen LogP contribution in [0.25, 0.3) is 0 Å². The monoisotopic (exact) mass is 212 g/mol. The molecule has 2 N–H and O–H groups in total. The molecule has 15 heavy (non-hydrogen) atoms. The molecule has 1 amide bonds. The minimum Gasteiger partial charge on any atom is -0.443 e. The van der Waals surface area contributed by atoms with Gasteiger partial charge in [0.25, 0.3) is 0 Å². The standard InChI is InChI=1S/C11H20N2O2/c1-11(2,3)15-10(14)13-7-5-4-6-9(12)8-13/h5,7,9H,4,6,8,12H2,1-3H3/t9-/m1/s1. The Bertz CT molecular complexity index is 256. The number of amides is 1. The summed E-state index contributed by atoms with van der Waals surface area (Å²) in [5.74, 6) is 0. The normalized spacial score (nSPS) is 22.4. The van der Waals surface area contributed by atoms with Gasteiger partial charge >= 0.3 is 6.09 Å². The predicted octanol–water partition coefficient (Wildman–Crippen LogP) is 1.86. The fourth-order valence-corrected chi connectivity index (χ4v) is 1.37. The number of rotatable bonds is 0. The van der Waals surface area contributed by atoms with Crippen LogP contribution in [0, 0.1) is 0 Å². The molecule has 1 aliphatic rings. The number of hydrogen-bond donors (Lipinski definition) is 1. The zero-order valence-corrected chi connectivity index (χ0v) is 9.69. The molecule has 1 rings (SSSR count). The van der Waals surface area contributed by atoms with Crippen LogP contribution in [-0.4, -0.2) is 29.2 Å². The molecular weight excluding hydrogens is 192 g/mol. The van der Waals surface area contributed by atoms with E-state index < -0.39 is 5.60 Å². The summed E-state index contributed by atoms with van der Waals surface area (Å²) in [5, 5.41) is 0. The van der Waals surface area contributed by atoms with Gasteiger partial charge in [0.1, 0.15) is 5.60 Å². The quantitative estimate of drug-likeness (QED) is 0.666. The molecule has 0 aromatic heterocycles. The number of nitrogens with two attached hydrogens (primary N) is 1. The van der Waals surface area contributed by atoms with Crippen molar-refractivity contribution in [1.29, 1.82) is 0 Å². The van der Waals surface area contributed by atoms with E-state index in [9.17, 15) is 4.79 Å². The second-order valence-electron chi connectivity index (χ2n) is 4.85. The molecule has 86 valence electrons. The van der Waals surface area contributed by atoms with Gasteiger partial charge in [-0.25, -0.2) is 4.79 Å². The van der Waals surface area contributed by atoms with Gasteiger partial charge in [0.15, 0.2) is 0 Å². The summed E-state index contributed by atoms with van der Waals surface area (Å²) in [5.41, 5.74) is 5.38. The van der Waals surface area contributed by atoms with E-state index in [4.69, 9.17) is 10.5 Å². The highest BCUT2D eigenvalue weighted by molar-refractivity contribution is 5.69. The van der Waals surface area contributed by atoms with Gasteiger partial charge in [-0.15, -0.1) is 0 Å². The Morgan fingerprint density at radius 3 is 2.80 bits per heavy atom. The van der Waals surface area contributed by atoms with Crippen LogP contribution in [0.1, 0.15) is 33.6 Å². The van der Waals surface area contributed by atoms with E-state index in [0.29, 0.717) is 6.54 Å². The third kappa shape index (κ3) is 4.34. The van der Waals surface area contributed by atoms with Crippen LogP contribution in [-0.2, 0) is 4.74 Å². The highest BCUT2D eigenvalue weighted by Crippen LogP contribution is 2.13. The van der Waals surface area contributed by atoms with Crippen LogP contribution in [0.15, 0.2) is 12.3 Å². The highest BCUT2D eigenvalue weighted by atomic mass is 16.6. The van der Waals surface area contributed by atoms with Gasteiger partial charge in [-0.3, -0.25) is 4.90 Å². The molecule has 0 saturated heterocycles. The van der Waals surface area contributed by atoms with Crippen LogP contribution in [0.2, 0.25) is 0 Å². The van der Waals surface area contributed by atoms with Crippen molar-refractivity contribution in [3.8, 4) is 0 Å². The third-order valence-electron chi connectivity index (χ3n) is 2.05. The molecule has 0 radical (unpaired) electrons. The van der Waals surface area contributed by atoms with Crippen molar-refractivity contribution in [3.05, 3.63) is 12.3 Å². The Morgan fingerprint density at radius 1 is 1.53 bits per heavy atom. The first kappa shape index (κ1) is 12.0. The van der Waals surface area contributed by atoms with Crippen molar-refractivity contribution in [3.63, 3.8) is 0 Å². The summed E-state index contributed by atoms with van der Waals surface area (Å²) in [7, 11) is 0. The fraction of sp³-hybridized carbons (Fsp3) is 0.727. The molecule has 4 heteroatoms. The van der Waals surface area contributed by atoms with Gasteiger partial charge in [-0.1, -0.05) is 6.08 Å². The smallest absolute Gasteiger partial charge is 0.414 e. The molecule has 4 nitrogen and oxygen atoms in total. The molecule has 0 saturated carbocycles. The first-order valence-electron chi connectivity index (χ1n) is 5.30. The summed E-state index contributed by atoms with van der Waals surface area (Å²) in [6.07, 6.45) is 5.23. The van der Waals surface area contributed by atoms with Gasteiger partial charge in [0, 0.05) is 18.8 Å². The van der Waals surface area contributed by atoms with Crippen molar-refractivity contribution in [2.24, 2.45) is 5.73 Å². The Kier molecular flexibility index (Phi) is 3.74. The van der Waals surface area contributed by atoms with E-state index in [1.54, 1.807) is 11.1 Å². The number of nitrogens with zero attached hydrogens (tertiary/aromatic N) is 1. The van der Waals surface area contributed by atoms with Gasteiger partial charge in [-0.05, 0) is 33.6 Å². The highest BCUT2D eigenvalue weighted by Gasteiger charge is 2.22. The average molecular weight is 212 g/mol. The maximum Gasteiger partial charge on any atom is 0.414 e. The second-order valence-corrected chi connectivity index (χ2v) is 4.85. The maximum absolute atomic E-state index is 11.7. The summed E-state index contributed by atoms with van der Waals surface area (Å²) in [6, 6.07) is 0.0347. The molecule has 1 heterocycles. The van der Waals surface area contributed by atoms with Crippen LogP contribution in [0.5, 0.6) is 0 Å². The Hall–Kier alpha value is -1.03. The van der Waals surface area contributed by atoms with Gasteiger partial charge in [0.05, 0.1) is 0 Å². The van der Waals surface area contributed by atoms with Crippen molar-refractivity contribution in [2.45, 2.75) is 45.3 Å². The molecule has 0 bridgehead atoms. The lowest BCUT2D eigenvalue weighted by Gasteiger charge is -2.25. The first-order valence-corrected chi connectivity index (χ1v) is 5.30. The molecular formula is C11H20N2O2. The molecule has 0 aromatic carbocycles. The summed E-state index contributed by atoms with van der Waals surface area (Å²) >= 11 is 0. The topological polar surface area (TPSA) is 55.6 Å². The number of hydrogen-bond acceptors (Lipinski definition) is 3. The summed E-state index contributed by atoms with van der Waals surface area (Å²) < 4.78 is 5.26. The second kappa shape index (κ2) is 4.66. The average Bonchev–Trinajstić information content (AvgIpc) is 2.26. The van der Waals surface area contributed by atoms with Crippen LogP contribution >= 0.6 is 0 Å². The minimum absolute atomic E-state index is 0.0347. The Morgan fingerprint density at radius 2 is 2.20 bits per heavy atom. The third-order valence-corrected chi connectivity index (χ3v) is 2.05. The van der Waals surface area contributed by atoms with Crippen molar-refractivity contribution in [1.82, 2.24) is 4.90 Å². The Labute approximate surface area is 91.1 Å². The fourth-order valence-electron chi connectivity index (χ4n) is 1.37. The van der Waals surface area contributed by atoms with E-state index in [-0.39, 0.29) is 12.1 Å². The molecule has 1 aliphatic heterocycles.